The lowest BCUT2D eigenvalue weighted by Gasteiger charge is -2.23. The van der Waals surface area contributed by atoms with Gasteiger partial charge in [-0.1, -0.05) is 13.8 Å². The fraction of sp³-hybridized carbons (Fsp3) is 0.667. The predicted molar refractivity (Wildman–Crippen MR) is 77.8 cm³/mol. The SMILES string of the molecule is CCNc1ncnc(NC(CCO)C(C)C)c1Br. The quantitative estimate of drug-likeness (QED) is 0.721. The molecule has 3 N–H and O–H groups in total. The zero-order valence-corrected chi connectivity index (χ0v) is 12.7. The third-order valence-electron chi connectivity index (χ3n) is 2.70. The van der Waals surface area contributed by atoms with Crippen LogP contribution in [0.3, 0.4) is 0 Å². The van der Waals surface area contributed by atoms with E-state index in [-0.39, 0.29) is 12.6 Å². The first kappa shape index (κ1) is 15.2. The van der Waals surface area contributed by atoms with Gasteiger partial charge in [-0.05, 0) is 35.2 Å². The second-order valence-electron chi connectivity index (χ2n) is 4.42. The Morgan fingerprint density at radius 3 is 2.56 bits per heavy atom. The highest BCUT2D eigenvalue weighted by Gasteiger charge is 2.16. The van der Waals surface area contributed by atoms with Gasteiger partial charge in [0.25, 0.3) is 0 Å². The van der Waals surface area contributed by atoms with Crippen molar-refractivity contribution < 1.29 is 5.11 Å². The number of aliphatic hydroxyl groups is 1. The number of nitrogens with zero attached hydrogens (tertiary/aromatic N) is 2. The van der Waals surface area contributed by atoms with E-state index in [2.05, 4.69) is 50.4 Å². The molecule has 0 aliphatic rings. The van der Waals surface area contributed by atoms with Gasteiger partial charge >= 0.3 is 0 Å². The molecule has 1 rings (SSSR count). The van der Waals surface area contributed by atoms with Crippen LogP contribution in [0.25, 0.3) is 0 Å². The van der Waals surface area contributed by atoms with Crippen molar-refractivity contribution in [2.24, 2.45) is 5.92 Å². The van der Waals surface area contributed by atoms with E-state index < -0.39 is 0 Å². The average Bonchev–Trinajstić information content (AvgIpc) is 2.33. The second kappa shape index (κ2) is 7.53. The summed E-state index contributed by atoms with van der Waals surface area (Å²) >= 11 is 3.50. The summed E-state index contributed by atoms with van der Waals surface area (Å²) in [6, 6.07) is 0.190. The molecule has 0 spiro atoms. The summed E-state index contributed by atoms with van der Waals surface area (Å²) in [6.45, 7) is 7.23. The molecular weight excluding hydrogens is 296 g/mol. The summed E-state index contributed by atoms with van der Waals surface area (Å²) in [5.74, 6) is 1.95. The third kappa shape index (κ3) is 4.10. The average molecular weight is 317 g/mol. The normalized spacial score (nSPS) is 12.6. The molecule has 5 nitrogen and oxygen atoms in total. The Bertz CT molecular complexity index is 373. The van der Waals surface area contributed by atoms with E-state index >= 15 is 0 Å². The van der Waals surface area contributed by atoms with Gasteiger partial charge in [-0.2, -0.15) is 0 Å². The van der Waals surface area contributed by atoms with Gasteiger partial charge in [0.05, 0.1) is 0 Å². The number of aromatic nitrogens is 2. The Morgan fingerprint density at radius 2 is 2.00 bits per heavy atom. The van der Waals surface area contributed by atoms with Crippen molar-refractivity contribution in [1.82, 2.24) is 9.97 Å². The van der Waals surface area contributed by atoms with Crippen LogP contribution in [-0.2, 0) is 0 Å². The monoisotopic (exact) mass is 316 g/mol. The first-order valence-corrected chi connectivity index (χ1v) is 7.01. The lowest BCUT2D eigenvalue weighted by Crippen LogP contribution is -2.27. The van der Waals surface area contributed by atoms with Gasteiger partial charge in [0, 0.05) is 19.2 Å². The van der Waals surface area contributed by atoms with Crippen LogP contribution in [0.15, 0.2) is 10.8 Å². The van der Waals surface area contributed by atoms with Gasteiger partial charge in [0.15, 0.2) is 0 Å². The summed E-state index contributed by atoms with van der Waals surface area (Å²) in [6.07, 6.45) is 2.23. The molecule has 0 amide bonds. The molecule has 102 valence electrons. The van der Waals surface area contributed by atoms with E-state index in [9.17, 15) is 0 Å². The van der Waals surface area contributed by atoms with E-state index in [1.807, 2.05) is 6.92 Å². The fourth-order valence-corrected chi connectivity index (χ4v) is 2.11. The van der Waals surface area contributed by atoms with Crippen LogP contribution in [0.5, 0.6) is 0 Å². The Hall–Kier alpha value is -0.880. The topological polar surface area (TPSA) is 70.1 Å². The summed E-state index contributed by atoms with van der Waals surface area (Å²) < 4.78 is 0.829. The minimum Gasteiger partial charge on any atom is -0.396 e. The largest absolute Gasteiger partial charge is 0.396 e. The molecule has 1 heterocycles. The minimum atomic E-state index is 0.165. The molecule has 1 aromatic heterocycles. The van der Waals surface area contributed by atoms with Crippen LogP contribution in [0.2, 0.25) is 0 Å². The summed E-state index contributed by atoms with van der Waals surface area (Å²) in [7, 11) is 0. The molecule has 0 bridgehead atoms. The number of aliphatic hydroxyl groups excluding tert-OH is 1. The van der Waals surface area contributed by atoms with Crippen LogP contribution in [0, 0.1) is 5.92 Å². The van der Waals surface area contributed by atoms with Gasteiger partial charge < -0.3 is 15.7 Å². The van der Waals surface area contributed by atoms with Crippen LogP contribution >= 0.6 is 15.9 Å². The number of hydrogen-bond donors (Lipinski definition) is 3. The molecule has 1 unspecified atom stereocenters. The molecular formula is C12H21BrN4O. The molecule has 1 aromatic rings. The van der Waals surface area contributed by atoms with E-state index in [0.29, 0.717) is 12.3 Å². The van der Waals surface area contributed by atoms with Crippen molar-refractivity contribution in [2.45, 2.75) is 33.2 Å². The van der Waals surface area contributed by atoms with E-state index in [0.717, 1.165) is 22.7 Å². The van der Waals surface area contributed by atoms with Gasteiger partial charge in [-0.25, -0.2) is 9.97 Å². The molecule has 0 aliphatic carbocycles. The molecule has 18 heavy (non-hydrogen) atoms. The number of nitrogens with one attached hydrogen (secondary N) is 2. The molecule has 0 radical (unpaired) electrons. The number of anilines is 2. The lowest BCUT2D eigenvalue weighted by atomic mass is 10.0. The van der Waals surface area contributed by atoms with Crippen molar-refractivity contribution in [2.75, 3.05) is 23.8 Å². The van der Waals surface area contributed by atoms with Gasteiger partial charge in [0.1, 0.15) is 22.4 Å². The zero-order chi connectivity index (χ0) is 13.5. The fourth-order valence-electron chi connectivity index (χ4n) is 1.65. The Balaban J connectivity index is 2.85. The highest BCUT2D eigenvalue weighted by atomic mass is 79.9. The van der Waals surface area contributed by atoms with Crippen molar-refractivity contribution in [3.63, 3.8) is 0 Å². The van der Waals surface area contributed by atoms with Crippen molar-refractivity contribution in [1.29, 1.82) is 0 Å². The molecule has 0 fully saturated rings. The maximum absolute atomic E-state index is 9.07. The molecule has 0 saturated carbocycles. The predicted octanol–water partition coefficient (Wildman–Crippen LogP) is 2.49. The third-order valence-corrected chi connectivity index (χ3v) is 3.45. The zero-order valence-electron chi connectivity index (χ0n) is 11.1. The van der Waals surface area contributed by atoms with Crippen molar-refractivity contribution in [3.8, 4) is 0 Å². The first-order valence-electron chi connectivity index (χ1n) is 6.21. The van der Waals surface area contributed by atoms with Crippen LogP contribution in [0.4, 0.5) is 11.6 Å². The smallest absolute Gasteiger partial charge is 0.146 e. The Morgan fingerprint density at radius 1 is 1.33 bits per heavy atom. The molecule has 0 aromatic carbocycles. The molecule has 6 heteroatoms. The summed E-state index contributed by atoms with van der Waals surface area (Å²) in [5.41, 5.74) is 0. The summed E-state index contributed by atoms with van der Waals surface area (Å²) in [4.78, 5) is 8.40. The highest BCUT2D eigenvalue weighted by molar-refractivity contribution is 9.10. The number of rotatable bonds is 7. The van der Waals surface area contributed by atoms with Crippen LogP contribution in [-0.4, -0.2) is 34.3 Å². The molecule has 0 aliphatic heterocycles. The van der Waals surface area contributed by atoms with E-state index in [4.69, 9.17) is 5.11 Å². The lowest BCUT2D eigenvalue weighted by molar-refractivity contribution is 0.267. The highest BCUT2D eigenvalue weighted by Crippen LogP contribution is 2.28. The van der Waals surface area contributed by atoms with Gasteiger partial charge in [0.2, 0.25) is 0 Å². The van der Waals surface area contributed by atoms with Gasteiger partial charge in [-0.3, -0.25) is 0 Å². The van der Waals surface area contributed by atoms with E-state index in [1.165, 1.54) is 6.33 Å². The number of hydrogen-bond acceptors (Lipinski definition) is 5. The maximum Gasteiger partial charge on any atom is 0.146 e. The minimum absolute atomic E-state index is 0.165. The van der Waals surface area contributed by atoms with Gasteiger partial charge in [-0.15, -0.1) is 0 Å². The maximum atomic E-state index is 9.07. The Labute approximate surface area is 117 Å². The number of halogens is 1. The van der Waals surface area contributed by atoms with Crippen LogP contribution in [0.1, 0.15) is 27.2 Å². The Kier molecular flexibility index (Phi) is 6.35. The van der Waals surface area contributed by atoms with E-state index in [1.54, 1.807) is 0 Å². The van der Waals surface area contributed by atoms with Crippen molar-refractivity contribution >= 4 is 27.6 Å². The molecule has 1 atom stereocenters. The summed E-state index contributed by atoms with van der Waals surface area (Å²) in [5, 5.41) is 15.6. The standard InChI is InChI=1S/C12H21BrN4O/c1-4-14-11-10(13)12(16-7-15-11)17-9(5-6-18)8(2)3/h7-9,18H,4-6H2,1-3H3,(H2,14,15,16,17). The first-order chi connectivity index (χ1) is 8.60. The van der Waals surface area contributed by atoms with Crippen molar-refractivity contribution in [3.05, 3.63) is 10.8 Å². The second-order valence-corrected chi connectivity index (χ2v) is 5.22. The van der Waals surface area contributed by atoms with Crippen LogP contribution < -0.4 is 10.6 Å². The molecule has 0 saturated heterocycles.